The summed E-state index contributed by atoms with van der Waals surface area (Å²) in [5.41, 5.74) is 0.928. The zero-order valence-electron chi connectivity index (χ0n) is 11.8. The minimum Gasteiger partial charge on any atom is -0.367 e. The Morgan fingerprint density at radius 3 is 2.68 bits per heavy atom. The average molecular weight is 321 g/mol. The summed E-state index contributed by atoms with van der Waals surface area (Å²) in [6.07, 6.45) is 3.08. The number of nitriles is 1. The Balaban J connectivity index is 2.23. The minimum atomic E-state index is -0.434. The third-order valence-electron chi connectivity index (χ3n) is 4.29. The van der Waals surface area contributed by atoms with Crippen molar-refractivity contribution in [3.05, 3.63) is 28.7 Å². The molecule has 0 bridgehead atoms. The number of halogens is 1. The number of hydrogen-bond donors (Lipinski definition) is 1. The van der Waals surface area contributed by atoms with Crippen molar-refractivity contribution in [2.45, 2.75) is 45.6 Å². The Morgan fingerprint density at radius 2 is 2.11 bits per heavy atom. The molecule has 1 N–H and O–H groups in total. The lowest BCUT2D eigenvalue weighted by Crippen LogP contribution is -2.48. The van der Waals surface area contributed by atoms with Gasteiger partial charge >= 0.3 is 0 Å². The molecule has 0 aromatic heterocycles. The van der Waals surface area contributed by atoms with Gasteiger partial charge in [0.15, 0.2) is 0 Å². The van der Waals surface area contributed by atoms with Gasteiger partial charge in [-0.25, -0.2) is 0 Å². The van der Waals surface area contributed by atoms with Gasteiger partial charge in [0.05, 0.1) is 6.07 Å². The van der Waals surface area contributed by atoms with Crippen LogP contribution in [0.15, 0.2) is 28.7 Å². The Labute approximate surface area is 124 Å². The molecule has 0 spiro atoms. The first-order valence-corrected chi connectivity index (χ1v) is 7.61. The molecule has 1 aliphatic rings. The molecule has 1 saturated carbocycles. The Morgan fingerprint density at radius 1 is 1.37 bits per heavy atom. The van der Waals surface area contributed by atoms with Gasteiger partial charge in [-0.05, 0) is 48.8 Å². The van der Waals surface area contributed by atoms with Crippen LogP contribution in [0.3, 0.4) is 0 Å². The van der Waals surface area contributed by atoms with E-state index in [2.05, 4.69) is 48.1 Å². The molecule has 2 nitrogen and oxygen atoms in total. The molecule has 1 aliphatic carbocycles. The van der Waals surface area contributed by atoms with E-state index >= 15 is 0 Å². The second-order valence-corrected chi connectivity index (χ2v) is 7.40. The molecule has 0 aliphatic heterocycles. The van der Waals surface area contributed by atoms with E-state index < -0.39 is 5.54 Å². The van der Waals surface area contributed by atoms with Crippen LogP contribution in [-0.4, -0.2) is 5.54 Å². The molecular weight excluding hydrogens is 300 g/mol. The quantitative estimate of drug-likeness (QED) is 0.835. The lowest BCUT2D eigenvalue weighted by atomic mass is 9.64. The van der Waals surface area contributed by atoms with Crippen molar-refractivity contribution < 1.29 is 0 Å². The van der Waals surface area contributed by atoms with Crippen LogP contribution in [0.1, 0.15) is 40.0 Å². The molecule has 0 heterocycles. The van der Waals surface area contributed by atoms with E-state index in [9.17, 15) is 5.26 Å². The number of hydrogen-bond acceptors (Lipinski definition) is 2. The summed E-state index contributed by atoms with van der Waals surface area (Å²) >= 11 is 3.48. The van der Waals surface area contributed by atoms with E-state index in [1.807, 2.05) is 24.3 Å². The fourth-order valence-electron chi connectivity index (χ4n) is 3.09. The van der Waals surface area contributed by atoms with Crippen molar-refractivity contribution in [3.8, 4) is 6.07 Å². The van der Waals surface area contributed by atoms with Crippen LogP contribution in [0.4, 0.5) is 5.69 Å². The molecule has 3 heteroatoms. The summed E-state index contributed by atoms with van der Waals surface area (Å²) in [5.74, 6) is 0.347. The van der Waals surface area contributed by atoms with Crippen molar-refractivity contribution in [1.29, 1.82) is 5.26 Å². The number of nitrogens with one attached hydrogen (secondary N) is 1. The summed E-state index contributed by atoms with van der Waals surface area (Å²) in [5, 5.41) is 13.2. The first-order chi connectivity index (χ1) is 8.87. The van der Waals surface area contributed by atoms with Crippen molar-refractivity contribution in [3.63, 3.8) is 0 Å². The van der Waals surface area contributed by atoms with Gasteiger partial charge in [-0.1, -0.05) is 42.8 Å². The molecule has 0 amide bonds. The Hall–Kier alpha value is -1.01. The number of nitrogens with zero attached hydrogens (tertiary/aromatic N) is 1. The molecule has 1 aromatic rings. The fraction of sp³-hybridized carbons (Fsp3) is 0.562. The third-order valence-corrected chi connectivity index (χ3v) is 4.78. The van der Waals surface area contributed by atoms with Crippen LogP contribution >= 0.6 is 15.9 Å². The number of rotatable bonds is 2. The topological polar surface area (TPSA) is 35.8 Å². The van der Waals surface area contributed by atoms with Crippen LogP contribution in [-0.2, 0) is 0 Å². The van der Waals surface area contributed by atoms with Crippen molar-refractivity contribution in [1.82, 2.24) is 0 Å². The summed E-state index contributed by atoms with van der Waals surface area (Å²) < 4.78 is 1.04. The predicted molar refractivity (Wildman–Crippen MR) is 82.9 cm³/mol. The lowest BCUT2D eigenvalue weighted by molar-refractivity contribution is 0.146. The second-order valence-electron chi connectivity index (χ2n) is 6.49. The molecule has 2 rings (SSSR count). The van der Waals surface area contributed by atoms with E-state index in [0.717, 1.165) is 29.4 Å². The van der Waals surface area contributed by atoms with Crippen LogP contribution in [0.5, 0.6) is 0 Å². The molecule has 1 aromatic carbocycles. The van der Waals surface area contributed by atoms with E-state index in [4.69, 9.17) is 0 Å². The average Bonchev–Trinajstić information content (AvgIpc) is 2.33. The molecule has 19 heavy (non-hydrogen) atoms. The maximum absolute atomic E-state index is 9.69. The van der Waals surface area contributed by atoms with Gasteiger partial charge in [0.25, 0.3) is 0 Å². The van der Waals surface area contributed by atoms with Gasteiger partial charge in [0.1, 0.15) is 5.54 Å². The molecule has 0 saturated heterocycles. The van der Waals surface area contributed by atoms with Gasteiger partial charge in [-0.3, -0.25) is 0 Å². The van der Waals surface area contributed by atoms with Crippen molar-refractivity contribution >= 4 is 21.6 Å². The van der Waals surface area contributed by atoms with Gasteiger partial charge in [-0.2, -0.15) is 5.26 Å². The number of benzene rings is 1. The standard InChI is InChI=1S/C16H21BrN2/c1-12-10-15(2,3)7-8-16(12,11-18)19-14-6-4-5-13(17)9-14/h4-6,9,12,19H,7-8,10H2,1-3H3. The minimum absolute atomic E-state index is 0.346. The highest BCUT2D eigenvalue weighted by Gasteiger charge is 2.44. The highest BCUT2D eigenvalue weighted by atomic mass is 79.9. The highest BCUT2D eigenvalue weighted by Crippen LogP contribution is 2.45. The second kappa shape index (κ2) is 5.17. The third kappa shape index (κ3) is 3.12. The molecule has 102 valence electrons. The van der Waals surface area contributed by atoms with E-state index in [0.29, 0.717) is 11.3 Å². The molecule has 1 fully saturated rings. The highest BCUT2D eigenvalue weighted by molar-refractivity contribution is 9.10. The summed E-state index contributed by atoms with van der Waals surface area (Å²) in [6.45, 7) is 6.78. The maximum Gasteiger partial charge on any atom is 0.128 e. The van der Waals surface area contributed by atoms with Crippen LogP contribution in [0, 0.1) is 22.7 Å². The zero-order chi connectivity index (χ0) is 14.1. The Kier molecular flexibility index (Phi) is 3.92. The normalized spacial score (nSPS) is 29.5. The summed E-state index contributed by atoms with van der Waals surface area (Å²) in [6, 6.07) is 10.6. The van der Waals surface area contributed by atoms with Crippen molar-refractivity contribution in [2.24, 2.45) is 11.3 Å². The first-order valence-electron chi connectivity index (χ1n) is 6.82. The predicted octanol–water partition coefficient (Wildman–Crippen LogP) is 4.97. The van der Waals surface area contributed by atoms with Crippen LogP contribution in [0.25, 0.3) is 0 Å². The van der Waals surface area contributed by atoms with Gasteiger partial charge in [0, 0.05) is 10.2 Å². The van der Waals surface area contributed by atoms with Gasteiger partial charge in [-0.15, -0.1) is 0 Å². The van der Waals surface area contributed by atoms with E-state index in [1.54, 1.807) is 0 Å². The van der Waals surface area contributed by atoms with E-state index in [1.165, 1.54) is 0 Å². The van der Waals surface area contributed by atoms with Crippen LogP contribution in [0.2, 0.25) is 0 Å². The number of anilines is 1. The van der Waals surface area contributed by atoms with Crippen molar-refractivity contribution in [2.75, 3.05) is 5.32 Å². The van der Waals surface area contributed by atoms with Crippen LogP contribution < -0.4 is 5.32 Å². The zero-order valence-corrected chi connectivity index (χ0v) is 13.4. The van der Waals surface area contributed by atoms with E-state index in [-0.39, 0.29) is 0 Å². The summed E-state index contributed by atoms with van der Waals surface area (Å²) in [4.78, 5) is 0. The van der Waals surface area contributed by atoms with Gasteiger partial charge in [0.2, 0.25) is 0 Å². The lowest BCUT2D eigenvalue weighted by Gasteiger charge is -2.45. The largest absolute Gasteiger partial charge is 0.367 e. The summed E-state index contributed by atoms with van der Waals surface area (Å²) in [7, 11) is 0. The molecule has 2 unspecified atom stereocenters. The maximum atomic E-state index is 9.69. The first kappa shape index (κ1) is 14.4. The molecule has 0 radical (unpaired) electrons. The smallest absolute Gasteiger partial charge is 0.128 e. The monoisotopic (exact) mass is 320 g/mol. The molecular formula is C16H21BrN2. The van der Waals surface area contributed by atoms with Gasteiger partial charge < -0.3 is 5.32 Å². The Bertz CT molecular complexity index is 504. The SMILES string of the molecule is CC1CC(C)(C)CCC1(C#N)Nc1cccc(Br)c1. The fourth-order valence-corrected chi connectivity index (χ4v) is 3.49. The molecule has 2 atom stereocenters.